The predicted molar refractivity (Wildman–Crippen MR) is 117 cm³/mol. The lowest BCUT2D eigenvalue weighted by Gasteiger charge is -2.32. The summed E-state index contributed by atoms with van der Waals surface area (Å²) in [5, 5.41) is 21.8. The molecule has 4 rings (SSSR count). The number of amides is 1. The molecule has 3 heterocycles. The lowest BCUT2D eigenvalue weighted by molar-refractivity contribution is -0.192. The summed E-state index contributed by atoms with van der Waals surface area (Å²) in [6.07, 6.45) is -0.939. The number of piperidine rings is 1. The summed E-state index contributed by atoms with van der Waals surface area (Å²) >= 11 is 1.71. The van der Waals surface area contributed by atoms with E-state index in [0.717, 1.165) is 55.7 Å². The van der Waals surface area contributed by atoms with Gasteiger partial charge in [0.05, 0.1) is 5.69 Å². The van der Waals surface area contributed by atoms with Gasteiger partial charge in [0, 0.05) is 42.6 Å². The summed E-state index contributed by atoms with van der Waals surface area (Å²) < 4.78 is 34.9. The Morgan fingerprint density at radius 1 is 1.30 bits per heavy atom. The van der Waals surface area contributed by atoms with Crippen LogP contribution in [0.1, 0.15) is 28.9 Å². The molecule has 1 unspecified atom stereocenters. The first kappa shape index (κ1) is 24.6. The monoisotopic (exact) mass is 483 g/mol. The van der Waals surface area contributed by atoms with E-state index in [2.05, 4.69) is 27.1 Å². The molecule has 3 aromatic rings. The molecule has 1 amide bonds. The van der Waals surface area contributed by atoms with Crippen molar-refractivity contribution in [2.75, 3.05) is 20.1 Å². The van der Waals surface area contributed by atoms with Gasteiger partial charge < -0.3 is 15.3 Å². The molecule has 1 saturated heterocycles. The van der Waals surface area contributed by atoms with Crippen LogP contribution in [0.4, 0.5) is 13.2 Å². The molecule has 0 saturated carbocycles. The van der Waals surface area contributed by atoms with Crippen molar-refractivity contribution in [2.45, 2.75) is 32.1 Å². The summed E-state index contributed by atoms with van der Waals surface area (Å²) in [5.41, 5.74) is 1.73. The largest absolute Gasteiger partial charge is 0.490 e. The Balaban J connectivity index is 0.000000383. The fourth-order valence-corrected chi connectivity index (χ4v) is 4.41. The van der Waals surface area contributed by atoms with Crippen LogP contribution in [0, 0.1) is 5.92 Å². The molecule has 1 aromatic carbocycles. The first-order valence-corrected chi connectivity index (χ1v) is 11.2. The van der Waals surface area contributed by atoms with E-state index in [1.54, 1.807) is 11.3 Å². The predicted octanol–water partition coefficient (Wildman–Crippen LogP) is 3.40. The number of nitrogens with zero attached hydrogens (tertiary/aromatic N) is 4. The minimum absolute atomic E-state index is 0.136. The van der Waals surface area contributed by atoms with Crippen LogP contribution in [-0.4, -0.2) is 63.2 Å². The van der Waals surface area contributed by atoms with Crippen molar-refractivity contribution >= 4 is 33.3 Å². The van der Waals surface area contributed by atoms with Crippen LogP contribution in [0.15, 0.2) is 35.8 Å². The van der Waals surface area contributed by atoms with Crippen molar-refractivity contribution in [3.63, 3.8) is 0 Å². The maximum Gasteiger partial charge on any atom is 0.490 e. The molecule has 33 heavy (non-hydrogen) atoms. The van der Waals surface area contributed by atoms with Crippen LogP contribution < -0.4 is 5.32 Å². The first-order valence-electron chi connectivity index (χ1n) is 10.3. The van der Waals surface area contributed by atoms with E-state index in [9.17, 15) is 18.0 Å². The summed E-state index contributed by atoms with van der Waals surface area (Å²) in [5.74, 6) is -2.20. The van der Waals surface area contributed by atoms with Crippen LogP contribution >= 0.6 is 11.3 Å². The Bertz CT molecular complexity index is 1100. The van der Waals surface area contributed by atoms with Crippen LogP contribution in [0.3, 0.4) is 0 Å². The minimum Gasteiger partial charge on any atom is -0.475 e. The summed E-state index contributed by atoms with van der Waals surface area (Å²) in [6.45, 7) is 3.14. The number of carbonyl (C=O) groups is 2. The van der Waals surface area contributed by atoms with Crippen LogP contribution in [-0.2, 0) is 17.9 Å². The molecule has 1 aliphatic rings. The first-order chi connectivity index (χ1) is 15.7. The third kappa shape index (κ3) is 6.75. The molecule has 0 radical (unpaired) electrons. The van der Waals surface area contributed by atoms with Crippen LogP contribution in [0.25, 0.3) is 10.1 Å². The number of aliphatic carboxylic acids is 1. The maximum atomic E-state index is 12.9. The van der Waals surface area contributed by atoms with Crippen molar-refractivity contribution < 1.29 is 27.9 Å². The van der Waals surface area contributed by atoms with Crippen molar-refractivity contribution in [2.24, 2.45) is 5.92 Å². The number of benzene rings is 1. The second kappa shape index (κ2) is 10.8. The van der Waals surface area contributed by atoms with E-state index < -0.39 is 12.1 Å². The molecule has 1 fully saturated rings. The molecular formula is C21H24F3N5O3S. The number of carboxylic acids is 1. The Morgan fingerprint density at radius 2 is 2.06 bits per heavy atom. The zero-order chi connectivity index (χ0) is 24.0. The van der Waals surface area contributed by atoms with E-state index in [4.69, 9.17) is 9.90 Å². The number of aromatic nitrogens is 3. The smallest absolute Gasteiger partial charge is 0.475 e. The SMILES string of the molecule is CNCc1cn(CC2CCCN(C(=O)c3ccc4sccc4c3)C2)nn1.O=C(O)C(F)(F)F. The maximum absolute atomic E-state index is 12.9. The zero-order valence-electron chi connectivity index (χ0n) is 17.9. The molecule has 0 aliphatic carbocycles. The van der Waals surface area contributed by atoms with Gasteiger partial charge in [-0.05, 0) is 60.8 Å². The van der Waals surface area contributed by atoms with Crippen LogP contribution in [0.2, 0.25) is 0 Å². The second-order valence-electron chi connectivity index (χ2n) is 7.70. The molecule has 1 atom stereocenters. The highest BCUT2D eigenvalue weighted by atomic mass is 32.1. The zero-order valence-corrected chi connectivity index (χ0v) is 18.7. The molecule has 12 heteroatoms. The highest BCUT2D eigenvalue weighted by Crippen LogP contribution is 2.24. The third-order valence-corrected chi connectivity index (χ3v) is 6.04. The van der Waals surface area contributed by atoms with Crippen LogP contribution in [0.5, 0.6) is 0 Å². The number of likely N-dealkylation sites (tertiary alicyclic amines) is 1. The van der Waals surface area contributed by atoms with E-state index in [1.165, 1.54) is 4.70 Å². The molecular weight excluding hydrogens is 459 g/mol. The van der Waals surface area contributed by atoms with Gasteiger partial charge >= 0.3 is 12.1 Å². The number of hydrogen-bond acceptors (Lipinski definition) is 6. The van der Waals surface area contributed by atoms with Crippen molar-refractivity contribution in [3.05, 3.63) is 47.1 Å². The normalized spacial score (nSPS) is 16.4. The number of thiophene rings is 1. The Morgan fingerprint density at radius 3 is 2.76 bits per heavy atom. The third-order valence-electron chi connectivity index (χ3n) is 5.14. The number of halogens is 3. The van der Waals surface area contributed by atoms with Crippen molar-refractivity contribution in [1.82, 2.24) is 25.2 Å². The van der Waals surface area contributed by atoms with E-state index in [1.807, 2.05) is 41.0 Å². The van der Waals surface area contributed by atoms with Gasteiger partial charge in [0.2, 0.25) is 0 Å². The molecule has 1 aliphatic heterocycles. The average Bonchev–Trinajstić information content (AvgIpc) is 3.42. The van der Waals surface area contributed by atoms with Gasteiger partial charge in [-0.3, -0.25) is 9.48 Å². The Labute approximate surface area is 192 Å². The molecule has 2 N–H and O–H groups in total. The van der Waals surface area contributed by atoms with E-state index in [0.29, 0.717) is 5.92 Å². The lowest BCUT2D eigenvalue weighted by atomic mass is 9.97. The average molecular weight is 484 g/mol. The number of carboxylic acid groups (broad SMARTS) is 1. The van der Waals surface area contributed by atoms with Gasteiger partial charge in [-0.15, -0.1) is 16.4 Å². The number of rotatable bonds is 5. The summed E-state index contributed by atoms with van der Waals surface area (Å²) in [6, 6.07) is 8.09. The fraction of sp³-hybridized carbons (Fsp3) is 0.429. The highest BCUT2D eigenvalue weighted by molar-refractivity contribution is 7.17. The Kier molecular flexibility index (Phi) is 8.03. The fourth-order valence-electron chi connectivity index (χ4n) is 3.64. The highest BCUT2D eigenvalue weighted by Gasteiger charge is 2.38. The van der Waals surface area contributed by atoms with Crippen molar-refractivity contribution in [1.29, 1.82) is 0 Å². The molecule has 0 spiro atoms. The minimum atomic E-state index is -5.08. The van der Waals surface area contributed by atoms with E-state index in [-0.39, 0.29) is 5.91 Å². The summed E-state index contributed by atoms with van der Waals surface area (Å²) in [4.78, 5) is 23.8. The van der Waals surface area contributed by atoms with Gasteiger partial charge in [-0.25, -0.2) is 4.79 Å². The van der Waals surface area contributed by atoms with Gasteiger partial charge in [-0.1, -0.05) is 5.21 Å². The van der Waals surface area contributed by atoms with Gasteiger partial charge in [0.25, 0.3) is 5.91 Å². The number of alkyl halides is 3. The number of carbonyl (C=O) groups excluding carboxylic acids is 1. The second-order valence-corrected chi connectivity index (χ2v) is 8.65. The van der Waals surface area contributed by atoms with Gasteiger partial charge in [0.1, 0.15) is 0 Å². The van der Waals surface area contributed by atoms with Gasteiger partial charge in [0.15, 0.2) is 0 Å². The quantitative estimate of drug-likeness (QED) is 0.577. The Hall–Kier alpha value is -2.99. The summed E-state index contributed by atoms with van der Waals surface area (Å²) in [7, 11) is 1.90. The number of fused-ring (bicyclic) bond motifs is 1. The number of nitrogens with one attached hydrogen (secondary N) is 1. The topological polar surface area (TPSA) is 100 Å². The molecule has 0 bridgehead atoms. The van der Waals surface area contributed by atoms with E-state index >= 15 is 0 Å². The van der Waals surface area contributed by atoms with Crippen molar-refractivity contribution in [3.8, 4) is 0 Å². The standard InChI is InChI=1S/C19H23N5OS.C2HF3O2/c1-20-10-17-13-24(22-21-17)12-14-3-2-7-23(11-14)19(25)16-4-5-18-15(9-16)6-8-26-18;3-2(4,5)1(6)7/h4-6,8-9,13-14,20H,2-3,7,10-12H2,1H3;(H,6,7). The molecule has 8 nitrogen and oxygen atoms in total. The lowest BCUT2D eigenvalue weighted by Crippen LogP contribution is -2.41. The molecule has 178 valence electrons. The molecule has 2 aromatic heterocycles. The number of hydrogen-bond donors (Lipinski definition) is 2. The van der Waals surface area contributed by atoms with Gasteiger partial charge in [-0.2, -0.15) is 13.2 Å².